The maximum Gasteiger partial charge on any atom is 0.405 e. The van der Waals surface area contributed by atoms with Gasteiger partial charge in [0.15, 0.2) is 0 Å². The quantitative estimate of drug-likeness (QED) is 0.838. The molecular formula is C12H10F3N3O3. The minimum atomic E-state index is -4.56. The van der Waals surface area contributed by atoms with Gasteiger partial charge in [-0.2, -0.15) is 18.2 Å². The van der Waals surface area contributed by atoms with Gasteiger partial charge in [-0.1, -0.05) is 18.2 Å². The summed E-state index contributed by atoms with van der Waals surface area (Å²) >= 11 is 0. The summed E-state index contributed by atoms with van der Waals surface area (Å²) in [5.41, 5.74) is 0.249. The predicted molar refractivity (Wildman–Crippen MR) is 65.4 cm³/mol. The molecular weight excluding hydrogens is 291 g/mol. The average molecular weight is 301 g/mol. The zero-order valence-corrected chi connectivity index (χ0v) is 10.6. The van der Waals surface area contributed by atoms with Crippen molar-refractivity contribution in [1.82, 2.24) is 10.2 Å². The largest absolute Gasteiger partial charge is 0.405 e. The Hall–Kier alpha value is -2.45. The number of carbonyl (C=O) groups is 3. The van der Waals surface area contributed by atoms with Crippen molar-refractivity contribution < 1.29 is 27.6 Å². The Morgan fingerprint density at radius 3 is 2.71 bits per heavy atom. The van der Waals surface area contributed by atoms with Crippen LogP contribution in [0.2, 0.25) is 0 Å². The lowest BCUT2D eigenvalue weighted by atomic mass is 9.95. The van der Waals surface area contributed by atoms with E-state index in [1.54, 1.807) is 17.5 Å². The molecule has 0 saturated carbocycles. The molecule has 9 heteroatoms. The van der Waals surface area contributed by atoms with Crippen molar-refractivity contribution in [2.24, 2.45) is 10.9 Å². The van der Waals surface area contributed by atoms with E-state index in [0.717, 1.165) is 0 Å². The van der Waals surface area contributed by atoms with E-state index in [4.69, 9.17) is 0 Å². The van der Waals surface area contributed by atoms with Gasteiger partial charge in [-0.3, -0.25) is 14.5 Å². The number of rotatable bonds is 3. The zero-order valence-electron chi connectivity index (χ0n) is 10.6. The summed E-state index contributed by atoms with van der Waals surface area (Å²) in [6, 6.07) is -0.964. The monoisotopic (exact) mass is 301 g/mol. The number of allylic oxidation sites excluding steroid dienone is 3. The van der Waals surface area contributed by atoms with Gasteiger partial charge in [0.2, 0.25) is 11.8 Å². The van der Waals surface area contributed by atoms with Crippen molar-refractivity contribution in [3.8, 4) is 0 Å². The lowest BCUT2D eigenvalue weighted by Crippen LogP contribution is -2.50. The van der Waals surface area contributed by atoms with Crippen LogP contribution in [0.25, 0.3) is 0 Å². The van der Waals surface area contributed by atoms with Crippen molar-refractivity contribution in [2.45, 2.75) is 6.18 Å². The second-order valence-electron chi connectivity index (χ2n) is 4.36. The molecule has 1 aliphatic heterocycles. The molecule has 0 spiro atoms. The smallest absolute Gasteiger partial charge is 0.345 e. The Balaban J connectivity index is 2.04. The van der Waals surface area contributed by atoms with E-state index in [-0.39, 0.29) is 5.71 Å². The molecule has 21 heavy (non-hydrogen) atoms. The molecule has 0 aromatic rings. The molecule has 1 aliphatic carbocycles. The maximum absolute atomic E-state index is 12.0. The number of carbonyl (C=O) groups excluding carboxylic acids is 3. The molecule has 1 atom stereocenters. The summed E-state index contributed by atoms with van der Waals surface area (Å²) in [5, 5.41) is 1.59. The normalized spacial score (nSPS) is 21.2. The number of amides is 4. The highest BCUT2D eigenvalue weighted by Crippen LogP contribution is 2.19. The van der Waals surface area contributed by atoms with Crippen LogP contribution in [0.1, 0.15) is 0 Å². The SMILES string of the molecule is O=C(CN1C(=O)N=C2C=CC=CC2C1=O)NCC(F)(F)F. The summed E-state index contributed by atoms with van der Waals surface area (Å²) < 4.78 is 35.9. The van der Waals surface area contributed by atoms with Crippen molar-refractivity contribution in [1.29, 1.82) is 0 Å². The summed E-state index contributed by atoms with van der Waals surface area (Å²) in [7, 11) is 0. The van der Waals surface area contributed by atoms with Crippen LogP contribution in [0.15, 0.2) is 29.3 Å². The van der Waals surface area contributed by atoms with Crippen LogP contribution in [0.5, 0.6) is 0 Å². The molecule has 2 rings (SSSR count). The van der Waals surface area contributed by atoms with Gasteiger partial charge in [-0.15, -0.1) is 0 Å². The standard InChI is InChI=1S/C12H10F3N3O3/c13-12(14,15)6-16-9(19)5-18-10(20)7-3-1-2-4-8(7)17-11(18)21/h1-4,7H,5-6H2,(H,16,19). The minimum absolute atomic E-state index is 0.249. The summed E-state index contributed by atoms with van der Waals surface area (Å²) in [6.45, 7) is -2.32. The second-order valence-corrected chi connectivity index (χ2v) is 4.36. The topological polar surface area (TPSA) is 78.8 Å². The molecule has 112 valence electrons. The van der Waals surface area contributed by atoms with Crippen molar-refractivity contribution in [2.75, 3.05) is 13.1 Å². The number of nitrogens with zero attached hydrogens (tertiary/aromatic N) is 2. The number of urea groups is 1. The molecule has 1 unspecified atom stereocenters. The molecule has 0 aromatic heterocycles. The van der Waals surface area contributed by atoms with Gasteiger partial charge in [0.1, 0.15) is 13.1 Å². The van der Waals surface area contributed by atoms with Crippen LogP contribution in [-0.2, 0) is 9.59 Å². The zero-order chi connectivity index (χ0) is 15.6. The van der Waals surface area contributed by atoms with Crippen LogP contribution < -0.4 is 5.32 Å². The number of alkyl halides is 3. The first-order valence-corrected chi connectivity index (χ1v) is 5.90. The first-order chi connectivity index (χ1) is 9.78. The Morgan fingerprint density at radius 1 is 1.33 bits per heavy atom. The highest BCUT2D eigenvalue weighted by Gasteiger charge is 2.37. The van der Waals surface area contributed by atoms with E-state index in [9.17, 15) is 27.6 Å². The fraction of sp³-hybridized carbons (Fsp3) is 0.333. The number of hydrogen-bond donors (Lipinski definition) is 1. The number of halogens is 3. The van der Waals surface area contributed by atoms with Crippen LogP contribution in [0.3, 0.4) is 0 Å². The van der Waals surface area contributed by atoms with E-state index in [0.29, 0.717) is 4.90 Å². The number of fused-ring (bicyclic) bond motifs is 1. The fourth-order valence-electron chi connectivity index (χ4n) is 1.82. The maximum atomic E-state index is 12.0. The van der Waals surface area contributed by atoms with E-state index in [1.165, 1.54) is 12.2 Å². The van der Waals surface area contributed by atoms with Gasteiger partial charge in [-0.25, -0.2) is 4.79 Å². The molecule has 2 aliphatic rings. The van der Waals surface area contributed by atoms with Crippen LogP contribution in [-0.4, -0.2) is 47.7 Å². The van der Waals surface area contributed by atoms with Crippen LogP contribution in [0, 0.1) is 5.92 Å². The van der Waals surface area contributed by atoms with Crippen molar-refractivity contribution in [3.05, 3.63) is 24.3 Å². The number of nitrogens with one attached hydrogen (secondary N) is 1. The molecule has 4 amide bonds. The third-order valence-corrected chi connectivity index (χ3v) is 2.78. The Kier molecular flexibility index (Phi) is 3.92. The molecule has 1 heterocycles. The molecule has 0 radical (unpaired) electrons. The van der Waals surface area contributed by atoms with Gasteiger partial charge in [0, 0.05) is 0 Å². The Morgan fingerprint density at radius 2 is 2.05 bits per heavy atom. The third kappa shape index (κ3) is 3.56. The third-order valence-electron chi connectivity index (χ3n) is 2.78. The van der Waals surface area contributed by atoms with Gasteiger partial charge in [0.05, 0.1) is 11.6 Å². The summed E-state index contributed by atoms with van der Waals surface area (Å²) in [4.78, 5) is 39.2. The molecule has 0 bridgehead atoms. The first-order valence-electron chi connectivity index (χ1n) is 5.90. The molecule has 0 saturated heterocycles. The molecule has 1 N–H and O–H groups in total. The second kappa shape index (κ2) is 5.51. The molecule has 0 fully saturated rings. The number of hydrogen-bond acceptors (Lipinski definition) is 3. The van der Waals surface area contributed by atoms with Gasteiger partial charge < -0.3 is 5.32 Å². The van der Waals surface area contributed by atoms with Gasteiger partial charge >= 0.3 is 12.2 Å². The van der Waals surface area contributed by atoms with E-state index in [1.807, 2.05) is 0 Å². The van der Waals surface area contributed by atoms with E-state index < -0.39 is 43.0 Å². The van der Waals surface area contributed by atoms with E-state index in [2.05, 4.69) is 4.99 Å². The van der Waals surface area contributed by atoms with Crippen molar-refractivity contribution in [3.63, 3.8) is 0 Å². The predicted octanol–water partition coefficient (Wildman–Crippen LogP) is 0.810. The summed E-state index contributed by atoms with van der Waals surface area (Å²) in [5.74, 6) is -2.56. The fourth-order valence-corrected chi connectivity index (χ4v) is 1.82. The highest BCUT2D eigenvalue weighted by atomic mass is 19.4. The van der Waals surface area contributed by atoms with Crippen molar-refractivity contribution >= 4 is 23.6 Å². The average Bonchev–Trinajstić information content (AvgIpc) is 2.40. The molecule has 6 nitrogen and oxygen atoms in total. The lowest BCUT2D eigenvalue weighted by molar-refractivity contribution is -0.141. The number of imide groups is 1. The van der Waals surface area contributed by atoms with Crippen LogP contribution >= 0.6 is 0 Å². The Bertz CT molecular complexity index is 578. The Labute approximate surface area is 117 Å². The van der Waals surface area contributed by atoms with Gasteiger partial charge in [0.25, 0.3) is 0 Å². The summed E-state index contributed by atoms with van der Waals surface area (Å²) in [6.07, 6.45) is 1.60. The molecule has 0 aromatic carbocycles. The van der Waals surface area contributed by atoms with Crippen LogP contribution in [0.4, 0.5) is 18.0 Å². The lowest BCUT2D eigenvalue weighted by Gasteiger charge is -2.27. The number of aliphatic imine (C=N–C) groups is 1. The first kappa shape index (κ1) is 14.9. The van der Waals surface area contributed by atoms with E-state index >= 15 is 0 Å². The van der Waals surface area contributed by atoms with Gasteiger partial charge in [-0.05, 0) is 6.08 Å². The highest BCUT2D eigenvalue weighted by molar-refractivity contribution is 6.22. The minimum Gasteiger partial charge on any atom is -0.345 e.